The Bertz CT molecular complexity index is 1390. The van der Waals surface area contributed by atoms with Crippen molar-refractivity contribution >= 4 is 51.5 Å². The Labute approximate surface area is 214 Å². The van der Waals surface area contributed by atoms with E-state index in [9.17, 15) is 9.59 Å². The number of amides is 2. The molecule has 1 saturated heterocycles. The summed E-state index contributed by atoms with van der Waals surface area (Å²) in [7, 11) is 0. The second kappa shape index (κ2) is 10.2. The predicted molar refractivity (Wildman–Crippen MR) is 146 cm³/mol. The van der Waals surface area contributed by atoms with Gasteiger partial charge in [-0.1, -0.05) is 35.9 Å². The summed E-state index contributed by atoms with van der Waals surface area (Å²) >= 11 is 5.30. The molecule has 1 aliphatic heterocycles. The normalized spacial score (nSPS) is 13.5. The van der Waals surface area contributed by atoms with E-state index in [2.05, 4.69) is 15.5 Å². The van der Waals surface area contributed by atoms with Gasteiger partial charge in [-0.25, -0.2) is 0 Å². The first-order chi connectivity index (χ1) is 17.5. The average molecular weight is 499 g/mol. The number of rotatable bonds is 4. The van der Waals surface area contributed by atoms with E-state index in [0.29, 0.717) is 24.4 Å². The van der Waals surface area contributed by atoms with Crippen LogP contribution in [0.4, 0.5) is 11.4 Å². The Morgan fingerprint density at radius 3 is 2.36 bits per heavy atom. The van der Waals surface area contributed by atoms with Gasteiger partial charge in [-0.15, -0.1) is 0 Å². The number of piperazine rings is 1. The first-order valence-electron chi connectivity index (χ1n) is 11.8. The summed E-state index contributed by atoms with van der Waals surface area (Å²) in [6.45, 7) is 4.62. The van der Waals surface area contributed by atoms with Crippen molar-refractivity contribution in [2.24, 2.45) is 0 Å². The summed E-state index contributed by atoms with van der Waals surface area (Å²) in [5.74, 6) is 0.0556. The summed E-state index contributed by atoms with van der Waals surface area (Å²) in [6.07, 6.45) is 0. The van der Waals surface area contributed by atoms with Gasteiger partial charge in [0.2, 0.25) is 0 Å². The van der Waals surface area contributed by atoms with Crippen LogP contribution >= 0.6 is 12.2 Å². The number of benzene rings is 3. The Hall–Kier alpha value is -4.17. The minimum Gasteiger partial charge on any atom is -0.451 e. The molecule has 1 aromatic heterocycles. The van der Waals surface area contributed by atoms with Crippen LogP contribution in [0.5, 0.6) is 0 Å². The Balaban J connectivity index is 1.13. The maximum absolute atomic E-state index is 12.9. The van der Waals surface area contributed by atoms with E-state index >= 15 is 0 Å². The first-order valence-corrected chi connectivity index (χ1v) is 12.2. The van der Waals surface area contributed by atoms with Crippen molar-refractivity contribution in [1.29, 1.82) is 0 Å². The lowest BCUT2D eigenvalue weighted by Gasteiger charge is -2.35. The van der Waals surface area contributed by atoms with Crippen molar-refractivity contribution in [3.05, 3.63) is 95.7 Å². The van der Waals surface area contributed by atoms with Gasteiger partial charge in [0.25, 0.3) is 11.8 Å². The van der Waals surface area contributed by atoms with Crippen molar-refractivity contribution in [3.8, 4) is 0 Å². The smallest absolute Gasteiger partial charge is 0.289 e. The van der Waals surface area contributed by atoms with Gasteiger partial charge in [-0.05, 0) is 67.7 Å². The molecule has 1 aliphatic rings. The standard InChI is InChI=1S/C28H26N4O3S/c1-19-5-4-7-21(17-19)26(33)30-28(36)29-22-9-11-23(12-10-22)31-13-15-32(16-14-31)27(34)25-18-20-6-2-3-8-24(20)35-25/h2-12,17-18H,13-16H2,1H3,(H2,29,30,33,36). The number of fused-ring (bicyclic) bond motifs is 1. The van der Waals surface area contributed by atoms with Crippen LogP contribution in [-0.4, -0.2) is 48.0 Å². The molecule has 182 valence electrons. The van der Waals surface area contributed by atoms with Gasteiger partial charge in [-0.3, -0.25) is 14.9 Å². The summed E-state index contributed by atoms with van der Waals surface area (Å²) in [5.41, 5.74) is 4.14. The third-order valence-corrected chi connectivity index (χ3v) is 6.40. The third kappa shape index (κ3) is 5.23. The molecule has 5 rings (SSSR count). The van der Waals surface area contributed by atoms with E-state index in [4.69, 9.17) is 16.6 Å². The van der Waals surface area contributed by atoms with Gasteiger partial charge in [0, 0.05) is 48.5 Å². The zero-order chi connectivity index (χ0) is 25.1. The second-order valence-electron chi connectivity index (χ2n) is 8.75. The van der Waals surface area contributed by atoms with Crippen molar-refractivity contribution in [2.45, 2.75) is 6.92 Å². The molecule has 2 N–H and O–H groups in total. The molecule has 0 radical (unpaired) electrons. The highest BCUT2D eigenvalue weighted by Crippen LogP contribution is 2.23. The molecule has 0 bridgehead atoms. The maximum atomic E-state index is 12.9. The number of furan rings is 1. The molecule has 0 aliphatic carbocycles. The van der Waals surface area contributed by atoms with Gasteiger partial charge >= 0.3 is 0 Å². The highest BCUT2D eigenvalue weighted by molar-refractivity contribution is 7.80. The van der Waals surface area contributed by atoms with Gasteiger partial charge in [-0.2, -0.15) is 0 Å². The lowest BCUT2D eigenvalue weighted by Crippen LogP contribution is -2.48. The zero-order valence-corrected chi connectivity index (χ0v) is 20.7. The zero-order valence-electron chi connectivity index (χ0n) is 19.9. The van der Waals surface area contributed by atoms with Crippen LogP contribution in [0.1, 0.15) is 26.5 Å². The van der Waals surface area contributed by atoms with Crippen LogP contribution < -0.4 is 15.5 Å². The predicted octanol–water partition coefficient (Wildman–Crippen LogP) is 4.83. The average Bonchev–Trinajstić information content (AvgIpc) is 3.33. The number of nitrogens with one attached hydrogen (secondary N) is 2. The third-order valence-electron chi connectivity index (χ3n) is 6.20. The number of carbonyl (C=O) groups is 2. The first kappa shape index (κ1) is 23.6. The molecule has 0 saturated carbocycles. The molecule has 3 aromatic carbocycles. The van der Waals surface area contributed by atoms with Crippen LogP contribution in [-0.2, 0) is 0 Å². The molecule has 0 unspecified atom stereocenters. The summed E-state index contributed by atoms with van der Waals surface area (Å²) < 4.78 is 5.75. The van der Waals surface area contributed by atoms with E-state index in [1.807, 2.05) is 84.6 Å². The van der Waals surface area contributed by atoms with Gasteiger partial charge in [0.1, 0.15) is 5.58 Å². The molecule has 7 nitrogen and oxygen atoms in total. The molecule has 1 fully saturated rings. The number of anilines is 2. The summed E-state index contributed by atoms with van der Waals surface area (Å²) in [5, 5.41) is 6.94. The minimum absolute atomic E-state index is 0.0772. The molecular formula is C28H26N4O3S. The van der Waals surface area contributed by atoms with Crippen LogP contribution in [0.3, 0.4) is 0 Å². The number of nitrogens with zero attached hydrogens (tertiary/aromatic N) is 2. The number of carbonyl (C=O) groups excluding carboxylic acids is 2. The summed E-state index contributed by atoms with van der Waals surface area (Å²) in [6, 6.07) is 24.7. The number of hydrogen-bond donors (Lipinski definition) is 2. The van der Waals surface area contributed by atoms with E-state index in [1.54, 1.807) is 6.07 Å². The van der Waals surface area contributed by atoms with Crippen LogP contribution in [0, 0.1) is 6.92 Å². The molecule has 0 spiro atoms. The van der Waals surface area contributed by atoms with Crippen molar-refractivity contribution in [3.63, 3.8) is 0 Å². The molecule has 4 aromatic rings. The van der Waals surface area contributed by atoms with E-state index in [0.717, 1.165) is 41.0 Å². The molecule has 2 amide bonds. The van der Waals surface area contributed by atoms with Gasteiger partial charge in [0.05, 0.1) is 0 Å². The summed E-state index contributed by atoms with van der Waals surface area (Å²) in [4.78, 5) is 29.4. The molecule has 36 heavy (non-hydrogen) atoms. The largest absolute Gasteiger partial charge is 0.451 e. The second-order valence-corrected chi connectivity index (χ2v) is 9.16. The van der Waals surface area contributed by atoms with Crippen molar-refractivity contribution in [1.82, 2.24) is 10.2 Å². The number of thiocarbonyl (C=S) groups is 1. The van der Waals surface area contributed by atoms with E-state index in [1.165, 1.54) is 0 Å². The highest BCUT2D eigenvalue weighted by atomic mass is 32.1. The molecular weight excluding hydrogens is 472 g/mol. The SMILES string of the molecule is Cc1cccc(C(=O)NC(=S)Nc2ccc(N3CCN(C(=O)c4cc5ccccc5o4)CC3)cc2)c1. The van der Waals surface area contributed by atoms with Gasteiger partial charge in [0.15, 0.2) is 10.9 Å². The number of para-hydroxylation sites is 1. The Morgan fingerprint density at radius 1 is 0.889 bits per heavy atom. The quantitative estimate of drug-likeness (QED) is 0.393. The fourth-order valence-corrected chi connectivity index (χ4v) is 4.50. The van der Waals surface area contributed by atoms with E-state index < -0.39 is 0 Å². The van der Waals surface area contributed by atoms with Crippen LogP contribution in [0.15, 0.2) is 83.3 Å². The van der Waals surface area contributed by atoms with Crippen molar-refractivity contribution < 1.29 is 14.0 Å². The maximum Gasteiger partial charge on any atom is 0.289 e. The fraction of sp³-hybridized carbons (Fsp3) is 0.179. The Kier molecular flexibility index (Phi) is 6.69. The highest BCUT2D eigenvalue weighted by Gasteiger charge is 2.24. The minimum atomic E-state index is -0.247. The molecule has 2 heterocycles. The fourth-order valence-electron chi connectivity index (χ4n) is 4.29. The molecule has 8 heteroatoms. The van der Waals surface area contributed by atoms with Gasteiger partial charge < -0.3 is 19.5 Å². The monoisotopic (exact) mass is 498 g/mol. The number of aryl methyl sites for hydroxylation is 1. The topological polar surface area (TPSA) is 77.8 Å². The lowest BCUT2D eigenvalue weighted by atomic mass is 10.1. The Morgan fingerprint density at radius 2 is 1.64 bits per heavy atom. The molecule has 0 atom stereocenters. The lowest BCUT2D eigenvalue weighted by molar-refractivity contribution is 0.0717. The van der Waals surface area contributed by atoms with Crippen LogP contribution in [0.25, 0.3) is 11.0 Å². The van der Waals surface area contributed by atoms with Crippen LogP contribution in [0.2, 0.25) is 0 Å². The van der Waals surface area contributed by atoms with E-state index in [-0.39, 0.29) is 16.9 Å². The van der Waals surface area contributed by atoms with Crippen molar-refractivity contribution in [2.75, 3.05) is 36.4 Å². The number of hydrogen-bond acceptors (Lipinski definition) is 5.